The Labute approximate surface area is 300 Å². The third kappa shape index (κ3) is 8.60. The van der Waals surface area contributed by atoms with E-state index in [1.54, 1.807) is 6.20 Å². The third-order valence-electron chi connectivity index (χ3n) is 10.3. The number of ketones is 1. The molecule has 1 atom stereocenters. The number of anilines is 1. The lowest BCUT2D eigenvalue weighted by Gasteiger charge is -2.17. The highest BCUT2D eigenvalue weighted by Crippen LogP contribution is 2.43. The van der Waals surface area contributed by atoms with E-state index in [0.717, 1.165) is 83.2 Å². The van der Waals surface area contributed by atoms with Gasteiger partial charge in [-0.3, -0.25) is 29.7 Å². The number of benzene rings is 2. The molecular formula is C42H48N4O5. The summed E-state index contributed by atoms with van der Waals surface area (Å²) in [6.07, 6.45) is 10.2. The number of hydrogen-bond donors (Lipinski definition) is 4. The summed E-state index contributed by atoms with van der Waals surface area (Å²) in [5.74, 6) is 0.0174. The molecule has 0 saturated heterocycles. The molecule has 0 spiro atoms. The molecular weight excluding hydrogens is 640 g/mol. The molecule has 2 aliphatic rings. The zero-order chi connectivity index (χ0) is 36.2. The van der Waals surface area contributed by atoms with Crippen LogP contribution in [-0.2, 0) is 24.2 Å². The number of pyridine rings is 2. The number of nitrogens with zero attached hydrogens (tertiary/aromatic N) is 2. The minimum absolute atomic E-state index is 0.0959. The van der Waals surface area contributed by atoms with E-state index in [4.69, 9.17) is 0 Å². The lowest BCUT2D eigenvalue weighted by molar-refractivity contribution is -0.140. The molecule has 2 saturated carbocycles. The topological polar surface area (TPSA) is 142 Å². The van der Waals surface area contributed by atoms with E-state index in [2.05, 4.69) is 34.4 Å². The molecule has 1 amide bonds. The first kappa shape index (κ1) is 36.1. The molecule has 4 aromatic rings. The maximum Gasteiger partial charge on any atom is 0.323 e. The second-order valence-corrected chi connectivity index (χ2v) is 14.6. The highest BCUT2D eigenvalue weighted by Gasteiger charge is 2.29. The monoisotopic (exact) mass is 688 g/mol. The number of nitrogens with one attached hydrogen (secondary N) is 2. The number of carboxylic acid groups (broad SMARTS) is 1. The van der Waals surface area contributed by atoms with Crippen molar-refractivity contribution in [3.8, 4) is 11.1 Å². The lowest BCUT2D eigenvalue weighted by Crippen LogP contribution is -2.39. The second kappa shape index (κ2) is 15.7. The van der Waals surface area contributed by atoms with Crippen LogP contribution in [0.25, 0.3) is 11.1 Å². The fourth-order valence-electron chi connectivity index (χ4n) is 6.77. The van der Waals surface area contributed by atoms with Crippen LogP contribution in [0, 0.1) is 19.8 Å². The molecule has 2 aliphatic carbocycles. The van der Waals surface area contributed by atoms with E-state index in [-0.39, 0.29) is 24.7 Å². The normalized spacial score (nSPS) is 14.8. The van der Waals surface area contributed by atoms with Crippen molar-refractivity contribution in [3.05, 3.63) is 111 Å². The van der Waals surface area contributed by atoms with Gasteiger partial charge in [0.2, 0.25) is 0 Å². The van der Waals surface area contributed by atoms with Gasteiger partial charge >= 0.3 is 5.97 Å². The first-order valence-electron chi connectivity index (χ1n) is 18.1. The lowest BCUT2D eigenvalue weighted by atomic mass is 9.90. The number of aryl methyl sites for hydroxylation is 1. The van der Waals surface area contributed by atoms with Gasteiger partial charge in [0.25, 0.3) is 5.91 Å². The number of aliphatic hydroxyl groups is 1. The summed E-state index contributed by atoms with van der Waals surface area (Å²) in [7, 11) is 0. The minimum atomic E-state index is -1.12. The molecule has 9 heteroatoms. The molecule has 6 rings (SSSR count). The van der Waals surface area contributed by atoms with Crippen LogP contribution in [0.3, 0.4) is 0 Å². The van der Waals surface area contributed by atoms with Gasteiger partial charge in [-0.25, -0.2) is 0 Å². The number of carbonyl (C=O) groups is 3. The number of carboxylic acids is 1. The largest absolute Gasteiger partial charge is 0.480 e. The number of Topliss-reactive ketones (excluding diaryl/α,β-unsaturated/α-hetero) is 1. The van der Waals surface area contributed by atoms with Crippen molar-refractivity contribution in [2.75, 3.05) is 11.9 Å². The molecule has 2 heterocycles. The first-order valence-corrected chi connectivity index (χ1v) is 18.1. The molecule has 2 aromatic heterocycles. The Morgan fingerprint density at radius 1 is 0.824 bits per heavy atom. The van der Waals surface area contributed by atoms with Gasteiger partial charge in [-0.05, 0) is 138 Å². The number of aliphatic carboxylic acids is 1. The Morgan fingerprint density at radius 3 is 2.08 bits per heavy atom. The smallest absolute Gasteiger partial charge is 0.323 e. The molecule has 2 aromatic carbocycles. The summed E-state index contributed by atoms with van der Waals surface area (Å²) in [5, 5.41) is 24.6. The Hall–Kier alpha value is -4.73. The van der Waals surface area contributed by atoms with Gasteiger partial charge in [0, 0.05) is 31.0 Å². The van der Waals surface area contributed by atoms with Crippen molar-refractivity contribution >= 4 is 23.3 Å². The van der Waals surface area contributed by atoms with Crippen molar-refractivity contribution in [3.63, 3.8) is 0 Å². The maximum absolute atomic E-state index is 13.6. The number of aromatic nitrogens is 2. The van der Waals surface area contributed by atoms with Crippen molar-refractivity contribution in [2.24, 2.45) is 5.92 Å². The van der Waals surface area contributed by atoms with Gasteiger partial charge in [0.1, 0.15) is 17.4 Å². The molecule has 0 aliphatic heterocycles. The number of hydrogen-bond acceptors (Lipinski definition) is 7. The molecule has 0 radical (unpaired) electrons. The number of aliphatic hydroxyl groups excluding tert-OH is 1. The number of carbonyl (C=O) groups excluding carboxylic acids is 2. The highest BCUT2D eigenvalue weighted by atomic mass is 16.4. The van der Waals surface area contributed by atoms with Gasteiger partial charge in [-0.1, -0.05) is 44.2 Å². The van der Waals surface area contributed by atoms with Crippen LogP contribution in [0.2, 0.25) is 0 Å². The number of rotatable bonds is 16. The standard InChI is InChI=1S/C42H48N4O5/c1-24(2)11-12-30-20-44-38(19-34(30)27-13-14-27)41(49)46-36-10-6-9-33(26(36)4)32-8-5-7-29(25(32)3)17-40(48)37-18-35(28-15-16-28)31(21-43-37)22-45-39(23-47)42(50)51/h5-10,18-21,24,27-28,39,45,47H,11-17,22-23H2,1-4H3,(H,46,49)(H,50,51)/t39-/m1/s1. The average Bonchev–Trinajstić information content (AvgIpc) is 4.04. The van der Waals surface area contributed by atoms with E-state index in [0.29, 0.717) is 29.1 Å². The fraction of sp³-hybridized carbons (Fsp3) is 0.405. The van der Waals surface area contributed by atoms with Crippen LogP contribution in [0.15, 0.2) is 60.9 Å². The fourth-order valence-corrected chi connectivity index (χ4v) is 6.77. The SMILES string of the molecule is Cc1c(CC(=O)c2cc(C3CC3)c(CN[C@H](CO)C(=O)O)cn2)cccc1-c1cccc(NC(=O)c2cc(C3CC3)c(CCC(C)C)cn2)c1C. The Bertz CT molecular complexity index is 1950. The van der Waals surface area contributed by atoms with Crippen molar-refractivity contribution in [2.45, 2.75) is 97.1 Å². The zero-order valence-corrected chi connectivity index (χ0v) is 30.0. The molecule has 0 bridgehead atoms. The van der Waals surface area contributed by atoms with E-state index < -0.39 is 18.6 Å². The molecule has 4 N–H and O–H groups in total. The van der Waals surface area contributed by atoms with Gasteiger partial charge in [0.05, 0.1) is 6.61 Å². The van der Waals surface area contributed by atoms with E-state index >= 15 is 0 Å². The maximum atomic E-state index is 13.6. The summed E-state index contributed by atoms with van der Waals surface area (Å²) in [6, 6.07) is 14.6. The summed E-state index contributed by atoms with van der Waals surface area (Å²) < 4.78 is 0. The van der Waals surface area contributed by atoms with E-state index in [9.17, 15) is 24.6 Å². The summed E-state index contributed by atoms with van der Waals surface area (Å²) in [4.78, 5) is 47.5. The van der Waals surface area contributed by atoms with Crippen LogP contribution in [0.4, 0.5) is 5.69 Å². The van der Waals surface area contributed by atoms with E-state index in [1.165, 1.54) is 11.1 Å². The molecule has 0 unspecified atom stereocenters. The van der Waals surface area contributed by atoms with Crippen LogP contribution in [-0.4, -0.2) is 50.5 Å². The second-order valence-electron chi connectivity index (χ2n) is 14.6. The Morgan fingerprint density at radius 2 is 1.43 bits per heavy atom. The summed E-state index contributed by atoms with van der Waals surface area (Å²) >= 11 is 0. The van der Waals surface area contributed by atoms with Crippen LogP contribution >= 0.6 is 0 Å². The highest BCUT2D eigenvalue weighted by molar-refractivity contribution is 6.04. The zero-order valence-electron chi connectivity index (χ0n) is 30.0. The Balaban J connectivity index is 1.18. The van der Waals surface area contributed by atoms with Crippen molar-refractivity contribution < 1.29 is 24.6 Å². The van der Waals surface area contributed by atoms with Gasteiger partial charge < -0.3 is 15.5 Å². The van der Waals surface area contributed by atoms with Crippen LogP contribution < -0.4 is 10.6 Å². The number of amides is 1. The van der Waals surface area contributed by atoms with Crippen molar-refractivity contribution in [1.82, 2.24) is 15.3 Å². The molecule has 2 fully saturated rings. The van der Waals surface area contributed by atoms with Crippen molar-refractivity contribution in [1.29, 1.82) is 0 Å². The predicted molar refractivity (Wildman–Crippen MR) is 198 cm³/mol. The van der Waals surface area contributed by atoms with Gasteiger partial charge in [-0.2, -0.15) is 0 Å². The predicted octanol–water partition coefficient (Wildman–Crippen LogP) is 7.32. The summed E-state index contributed by atoms with van der Waals surface area (Å²) in [6.45, 7) is 8.20. The quantitative estimate of drug-likeness (QED) is 0.0898. The molecule has 9 nitrogen and oxygen atoms in total. The summed E-state index contributed by atoms with van der Waals surface area (Å²) in [5.41, 5.74) is 10.7. The molecule has 51 heavy (non-hydrogen) atoms. The van der Waals surface area contributed by atoms with E-state index in [1.807, 2.05) is 68.6 Å². The first-order chi connectivity index (χ1) is 24.5. The van der Waals surface area contributed by atoms with Crippen LogP contribution in [0.1, 0.15) is 118 Å². The Kier molecular flexibility index (Phi) is 11.1. The molecule has 266 valence electrons. The van der Waals surface area contributed by atoms with Crippen LogP contribution in [0.5, 0.6) is 0 Å². The minimum Gasteiger partial charge on any atom is -0.480 e. The van der Waals surface area contributed by atoms with Gasteiger partial charge in [0.15, 0.2) is 5.78 Å². The van der Waals surface area contributed by atoms with Gasteiger partial charge in [-0.15, -0.1) is 0 Å². The third-order valence-corrected chi connectivity index (χ3v) is 10.3. The average molecular weight is 689 g/mol.